The first-order valence-electron chi connectivity index (χ1n) is 8.11. The molecule has 142 valence electrons. The standard InChI is InChI=1S/C20H14FIN2O3S/c1-2-9-27-17-8-3-12(11-16(17)22)10-15-18(25)23-20(28)24(19(15)26)14-6-4-13(21)5-7-14/h2-8,10-11H,1,9H2,(H,23,25,28)/b15-10+. The molecule has 0 radical (unpaired) electrons. The van der Waals surface area contributed by atoms with Crippen LogP contribution in [0.1, 0.15) is 5.56 Å². The fourth-order valence-corrected chi connectivity index (χ4v) is 3.50. The number of hydrogen-bond donors (Lipinski definition) is 1. The van der Waals surface area contributed by atoms with Crippen LogP contribution in [0.5, 0.6) is 5.75 Å². The molecule has 5 nitrogen and oxygen atoms in total. The molecule has 0 aromatic heterocycles. The highest BCUT2D eigenvalue weighted by Crippen LogP contribution is 2.26. The average molecular weight is 508 g/mol. The normalized spacial score (nSPS) is 15.6. The third-order valence-corrected chi connectivity index (χ3v) is 4.94. The molecule has 1 heterocycles. The first-order chi connectivity index (χ1) is 13.4. The van der Waals surface area contributed by atoms with Gasteiger partial charge in [0.25, 0.3) is 11.8 Å². The maximum absolute atomic E-state index is 13.2. The summed E-state index contributed by atoms with van der Waals surface area (Å²) in [7, 11) is 0. The minimum absolute atomic E-state index is 0.0542. The van der Waals surface area contributed by atoms with Crippen molar-refractivity contribution in [3.05, 3.63) is 75.6 Å². The molecule has 0 spiro atoms. The molecule has 1 aliphatic rings. The molecule has 0 atom stereocenters. The highest BCUT2D eigenvalue weighted by Gasteiger charge is 2.34. The molecule has 28 heavy (non-hydrogen) atoms. The highest BCUT2D eigenvalue weighted by atomic mass is 127. The monoisotopic (exact) mass is 508 g/mol. The summed E-state index contributed by atoms with van der Waals surface area (Å²) >= 11 is 7.23. The Balaban J connectivity index is 1.93. The minimum atomic E-state index is -0.588. The Hall–Kier alpha value is -2.59. The number of thiocarbonyl (C=S) groups is 1. The van der Waals surface area contributed by atoms with E-state index >= 15 is 0 Å². The molecule has 2 aromatic rings. The quantitative estimate of drug-likeness (QED) is 0.220. The van der Waals surface area contributed by atoms with E-state index in [9.17, 15) is 14.0 Å². The molecule has 1 saturated heterocycles. The Kier molecular flexibility index (Phi) is 6.20. The lowest BCUT2D eigenvalue weighted by Gasteiger charge is -2.28. The summed E-state index contributed by atoms with van der Waals surface area (Å²) in [6.07, 6.45) is 3.12. The van der Waals surface area contributed by atoms with Gasteiger partial charge in [0, 0.05) is 0 Å². The van der Waals surface area contributed by atoms with Crippen molar-refractivity contribution in [1.29, 1.82) is 0 Å². The van der Waals surface area contributed by atoms with Gasteiger partial charge >= 0.3 is 0 Å². The van der Waals surface area contributed by atoms with E-state index in [4.69, 9.17) is 17.0 Å². The largest absolute Gasteiger partial charge is 0.488 e. The molecule has 2 aromatic carbocycles. The second-order valence-electron chi connectivity index (χ2n) is 5.72. The molecule has 1 fully saturated rings. The van der Waals surface area contributed by atoms with E-state index in [1.54, 1.807) is 24.3 Å². The number of halogens is 2. The topological polar surface area (TPSA) is 58.6 Å². The summed E-state index contributed by atoms with van der Waals surface area (Å²) in [6, 6.07) is 10.6. The van der Waals surface area contributed by atoms with E-state index in [0.717, 1.165) is 8.47 Å². The van der Waals surface area contributed by atoms with Crippen LogP contribution in [0.2, 0.25) is 0 Å². The van der Waals surface area contributed by atoms with E-state index < -0.39 is 17.6 Å². The summed E-state index contributed by atoms with van der Waals surface area (Å²) in [4.78, 5) is 26.4. The smallest absolute Gasteiger partial charge is 0.270 e. The first-order valence-corrected chi connectivity index (χ1v) is 9.59. The molecule has 0 bridgehead atoms. The van der Waals surface area contributed by atoms with Gasteiger partial charge in [-0.25, -0.2) is 4.39 Å². The zero-order chi connectivity index (χ0) is 20.3. The molecule has 0 unspecified atom stereocenters. The van der Waals surface area contributed by atoms with Gasteiger partial charge < -0.3 is 4.74 Å². The second-order valence-corrected chi connectivity index (χ2v) is 7.27. The number of carbonyl (C=O) groups excluding carboxylic acids is 2. The van der Waals surface area contributed by atoms with Crippen molar-refractivity contribution in [2.24, 2.45) is 0 Å². The number of rotatable bonds is 5. The zero-order valence-electron chi connectivity index (χ0n) is 14.4. The van der Waals surface area contributed by atoms with Crippen molar-refractivity contribution in [2.75, 3.05) is 11.5 Å². The van der Waals surface area contributed by atoms with Gasteiger partial charge in [-0.15, -0.1) is 0 Å². The Morgan fingerprint density at radius 3 is 2.57 bits per heavy atom. The summed E-state index contributed by atoms with van der Waals surface area (Å²) in [5, 5.41) is 2.44. The molecular weight excluding hydrogens is 494 g/mol. The predicted molar refractivity (Wildman–Crippen MR) is 117 cm³/mol. The van der Waals surface area contributed by atoms with Crippen molar-refractivity contribution in [3.63, 3.8) is 0 Å². The van der Waals surface area contributed by atoms with Gasteiger partial charge in [-0.1, -0.05) is 18.7 Å². The fourth-order valence-electron chi connectivity index (χ4n) is 2.52. The Bertz CT molecular complexity index is 1010. The van der Waals surface area contributed by atoms with Crippen molar-refractivity contribution < 1.29 is 18.7 Å². The number of hydrogen-bond acceptors (Lipinski definition) is 4. The molecular formula is C20H14FIN2O3S. The van der Waals surface area contributed by atoms with E-state index in [1.165, 1.54) is 30.3 Å². The van der Waals surface area contributed by atoms with E-state index in [1.807, 2.05) is 0 Å². The van der Waals surface area contributed by atoms with Crippen molar-refractivity contribution in [3.8, 4) is 5.75 Å². The lowest BCUT2D eigenvalue weighted by molar-refractivity contribution is -0.122. The molecule has 2 amide bonds. The second kappa shape index (κ2) is 8.61. The number of nitrogens with one attached hydrogen (secondary N) is 1. The Labute approximate surface area is 180 Å². The molecule has 0 saturated carbocycles. The number of carbonyl (C=O) groups is 2. The van der Waals surface area contributed by atoms with Crippen molar-refractivity contribution >= 4 is 63.5 Å². The molecule has 8 heteroatoms. The SMILES string of the molecule is C=CCOc1ccc(/C=C2\C(=O)NC(=S)N(c3ccc(F)cc3)C2=O)cc1I. The number of amides is 2. The average Bonchev–Trinajstić information content (AvgIpc) is 2.66. The van der Waals surface area contributed by atoms with Crippen LogP contribution in [0.25, 0.3) is 6.08 Å². The van der Waals surface area contributed by atoms with Crippen molar-refractivity contribution in [1.82, 2.24) is 5.32 Å². The van der Waals surface area contributed by atoms with Gasteiger partial charge in [-0.2, -0.15) is 0 Å². The van der Waals surface area contributed by atoms with Gasteiger partial charge in [0.15, 0.2) is 5.11 Å². The first kappa shape index (κ1) is 20.2. The van der Waals surface area contributed by atoms with Crippen LogP contribution in [0.4, 0.5) is 10.1 Å². The van der Waals surface area contributed by atoms with Crippen LogP contribution in [0.3, 0.4) is 0 Å². The van der Waals surface area contributed by atoms with E-state index in [-0.39, 0.29) is 10.7 Å². The van der Waals surface area contributed by atoms with Gasteiger partial charge in [0.1, 0.15) is 23.7 Å². The van der Waals surface area contributed by atoms with Gasteiger partial charge in [-0.05, 0) is 82.8 Å². The Morgan fingerprint density at radius 1 is 1.21 bits per heavy atom. The molecule has 1 N–H and O–H groups in total. The number of benzene rings is 2. The lowest BCUT2D eigenvalue weighted by atomic mass is 10.1. The number of nitrogens with zero attached hydrogens (tertiary/aromatic N) is 1. The van der Waals surface area contributed by atoms with E-state index in [0.29, 0.717) is 23.6 Å². The van der Waals surface area contributed by atoms with Crippen LogP contribution in [-0.4, -0.2) is 23.5 Å². The highest BCUT2D eigenvalue weighted by molar-refractivity contribution is 14.1. The van der Waals surface area contributed by atoms with Crippen molar-refractivity contribution in [2.45, 2.75) is 0 Å². The minimum Gasteiger partial charge on any atom is -0.488 e. The maximum atomic E-state index is 13.2. The third-order valence-electron chi connectivity index (χ3n) is 3.81. The van der Waals surface area contributed by atoms with Crippen LogP contribution >= 0.6 is 34.8 Å². The molecule has 0 aliphatic carbocycles. The zero-order valence-corrected chi connectivity index (χ0v) is 17.4. The summed E-state index contributed by atoms with van der Waals surface area (Å²) in [6.45, 7) is 3.98. The van der Waals surface area contributed by atoms with Gasteiger partial charge in [0.05, 0.1) is 9.26 Å². The fraction of sp³-hybridized carbons (Fsp3) is 0.0500. The predicted octanol–water partition coefficient (Wildman–Crippen LogP) is 3.83. The summed E-state index contributed by atoms with van der Waals surface area (Å²) in [5.74, 6) is -0.929. The molecule has 1 aliphatic heterocycles. The van der Waals surface area contributed by atoms with Crippen LogP contribution < -0.4 is 15.0 Å². The number of anilines is 1. The Morgan fingerprint density at radius 2 is 1.93 bits per heavy atom. The third kappa shape index (κ3) is 4.28. The van der Waals surface area contributed by atoms with Gasteiger partial charge in [0.2, 0.25) is 0 Å². The van der Waals surface area contributed by atoms with E-state index in [2.05, 4.69) is 34.5 Å². The van der Waals surface area contributed by atoms with Crippen LogP contribution in [0, 0.1) is 9.39 Å². The van der Waals surface area contributed by atoms with Crippen LogP contribution in [-0.2, 0) is 9.59 Å². The van der Waals surface area contributed by atoms with Gasteiger partial charge in [-0.3, -0.25) is 19.8 Å². The van der Waals surface area contributed by atoms with Crippen LogP contribution in [0.15, 0.2) is 60.7 Å². The maximum Gasteiger partial charge on any atom is 0.270 e. The number of ether oxygens (including phenoxy) is 1. The summed E-state index contributed by atoms with van der Waals surface area (Å²) < 4.78 is 19.5. The summed E-state index contributed by atoms with van der Waals surface area (Å²) in [5.41, 5.74) is 0.944. The molecule has 3 rings (SSSR count). The lowest BCUT2D eigenvalue weighted by Crippen LogP contribution is -2.54.